The number of aryl methyl sites for hydroxylation is 1. The lowest BCUT2D eigenvalue weighted by molar-refractivity contribution is -0.0222. The second-order valence-corrected chi connectivity index (χ2v) is 8.25. The first-order chi connectivity index (χ1) is 14.5. The van der Waals surface area contributed by atoms with E-state index in [1.807, 2.05) is 38.2 Å². The molecule has 0 aliphatic carbocycles. The average Bonchev–Trinajstić information content (AvgIpc) is 3.32. The Balaban J connectivity index is 1.67. The first-order valence-electron chi connectivity index (χ1n) is 9.81. The molecule has 8 nitrogen and oxygen atoms in total. The van der Waals surface area contributed by atoms with Crippen molar-refractivity contribution in [3.8, 4) is 0 Å². The van der Waals surface area contributed by atoms with E-state index in [0.29, 0.717) is 30.1 Å². The number of thiophene rings is 1. The van der Waals surface area contributed by atoms with Gasteiger partial charge >= 0.3 is 0 Å². The number of carbonyl (C=O) groups is 2. The zero-order valence-electron chi connectivity index (χ0n) is 16.9. The SMILES string of the molecule is Cc1c(C(=O)N2CCOC(c3c(C(=O)NCCO)sc4ccccc34)C2)cnn1C. The Hall–Kier alpha value is -2.75. The van der Waals surface area contributed by atoms with Crippen LogP contribution in [0.1, 0.15) is 37.4 Å². The molecule has 2 aromatic heterocycles. The quantitative estimate of drug-likeness (QED) is 0.647. The lowest BCUT2D eigenvalue weighted by Gasteiger charge is -2.33. The molecule has 2 amide bonds. The molecular weight excluding hydrogens is 404 g/mol. The predicted octanol–water partition coefficient (Wildman–Crippen LogP) is 1.88. The second-order valence-electron chi connectivity index (χ2n) is 7.20. The van der Waals surface area contributed by atoms with Crippen molar-refractivity contribution in [1.82, 2.24) is 20.0 Å². The number of aliphatic hydroxyl groups is 1. The molecule has 1 unspecified atom stereocenters. The molecule has 158 valence electrons. The van der Waals surface area contributed by atoms with E-state index in [2.05, 4.69) is 10.4 Å². The fourth-order valence-electron chi connectivity index (χ4n) is 3.69. The highest BCUT2D eigenvalue weighted by Crippen LogP contribution is 2.38. The van der Waals surface area contributed by atoms with Crippen molar-refractivity contribution < 1.29 is 19.4 Å². The van der Waals surface area contributed by atoms with Crippen molar-refractivity contribution in [1.29, 1.82) is 0 Å². The van der Waals surface area contributed by atoms with E-state index in [-0.39, 0.29) is 25.0 Å². The van der Waals surface area contributed by atoms with Gasteiger partial charge in [0.05, 0.1) is 36.4 Å². The van der Waals surface area contributed by atoms with Gasteiger partial charge < -0.3 is 20.1 Å². The Kier molecular flexibility index (Phi) is 5.85. The summed E-state index contributed by atoms with van der Waals surface area (Å²) in [5, 5.41) is 16.9. The van der Waals surface area contributed by atoms with Crippen molar-refractivity contribution in [3.63, 3.8) is 0 Å². The zero-order valence-corrected chi connectivity index (χ0v) is 17.7. The molecule has 1 saturated heterocycles. The molecule has 1 fully saturated rings. The third-order valence-corrected chi connectivity index (χ3v) is 6.56. The lowest BCUT2D eigenvalue weighted by atomic mass is 10.0. The highest BCUT2D eigenvalue weighted by molar-refractivity contribution is 7.21. The molecule has 1 aliphatic rings. The average molecular weight is 429 g/mol. The van der Waals surface area contributed by atoms with Crippen LogP contribution in [0.5, 0.6) is 0 Å². The Labute approximate surface area is 178 Å². The number of hydrogen-bond donors (Lipinski definition) is 2. The topological polar surface area (TPSA) is 96.7 Å². The maximum absolute atomic E-state index is 13.1. The molecule has 1 aromatic carbocycles. The summed E-state index contributed by atoms with van der Waals surface area (Å²) in [5.41, 5.74) is 2.19. The fourth-order valence-corrected chi connectivity index (χ4v) is 4.86. The van der Waals surface area contributed by atoms with Crippen LogP contribution in [0.15, 0.2) is 30.5 Å². The summed E-state index contributed by atoms with van der Waals surface area (Å²) >= 11 is 1.40. The van der Waals surface area contributed by atoms with Crippen molar-refractivity contribution >= 4 is 33.2 Å². The van der Waals surface area contributed by atoms with Gasteiger partial charge in [0, 0.05) is 36.1 Å². The number of amides is 2. The monoisotopic (exact) mass is 428 g/mol. The molecular formula is C21H24N4O4S. The zero-order chi connectivity index (χ0) is 21.3. The summed E-state index contributed by atoms with van der Waals surface area (Å²) in [6.07, 6.45) is 1.18. The van der Waals surface area contributed by atoms with Gasteiger partial charge in [0.25, 0.3) is 11.8 Å². The number of ether oxygens (including phenoxy) is 1. The number of nitrogens with zero attached hydrogens (tertiary/aromatic N) is 3. The molecule has 1 aliphatic heterocycles. The maximum Gasteiger partial charge on any atom is 0.261 e. The Morgan fingerprint density at radius 2 is 2.17 bits per heavy atom. The summed E-state index contributed by atoms with van der Waals surface area (Å²) in [5.74, 6) is -0.324. The summed E-state index contributed by atoms with van der Waals surface area (Å²) in [6.45, 7) is 3.15. The van der Waals surface area contributed by atoms with E-state index in [0.717, 1.165) is 21.3 Å². The molecule has 0 radical (unpaired) electrons. The van der Waals surface area contributed by atoms with Gasteiger partial charge in [0.1, 0.15) is 6.10 Å². The fraction of sp³-hybridized carbons (Fsp3) is 0.381. The van der Waals surface area contributed by atoms with Gasteiger partial charge in [0.15, 0.2) is 0 Å². The van der Waals surface area contributed by atoms with E-state index < -0.39 is 6.10 Å². The number of nitrogens with one attached hydrogen (secondary N) is 1. The Morgan fingerprint density at radius 1 is 1.37 bits per heavy atom. The largest absolute Gasteiger partial charge is 0.395 e. The maximum atomic E-state index is 13.1. The molecule has 0 spiro atoms. The number of benzene rings is 1. The number of carbonyl (C=O) groups excluding carboxylic acids is 2. The van der Waals surface area contributed by atoms with Gasteiger partial charge in [-0.15, -0.1) is 11.3 Å². The van der Waals surface area contributed by atoms with E-state index in [9.17, 15) is 9.59 Å². The van der Waals surface area contributed by atoms with Gasteiger partial charge in [-0.1, -0.05) is 18.2 Å². The van der Waals surface area contributed by atoms with E-state index in [1.54, 1.807) is 15.8 Å². The third-order valence-electron chi connectivity index (χ3n) is 5.38. The van der Waals surface area contributed by atoms with Crippen LogP contribution in [-0.4, -0.2) is 64.4 Å². The van der Waals surface area contributed by atoms with Crippen molar-refractivity contribution in [3.05, 3.63) is 52.2 Å². The van der Waals surface area contributed by atoms with Gasteiger partial charge in [-0.05, 0) is 18.4 Å². The third kappa shape index (κ3) is 3.71. The van der Waals surface area contributed by atoms with Crippen LogP contribution in [0, 0.1) is 6.92 Å². The number of fused-ring (bicyclic) bond motifs is 1. The van der Waals surface area contributed by atoms with Crippen molar-refractivity contribution in [2.45, 2.75) is 13.0 Å². The summed E-state index contributed by atoms with van der Waals surface area (Å²) in [4.78, 5) is 28.2. The molecule has 9 heteroatoms. The van der Waals surface area contributed by atoms with Crippen LogP contribution in [0.25, 0.3) is 10.1 Å². The minimum absolute atomic E-state index is 0.0836. The molecule has 2 N–H and O–H groups in total. The predicted molar refractivity (Wildman–Crippen MR) is 114 cm³/mol. The lowest BCUT2D eigenvalue weighted by Crippen LogP contribution is -2.42. The molecule has 1 atom stereocenters. The molecule has 0 saturated carbocycles. The van der Waals surface area contributed by atoms with Crippen molar-refractivity contribution in [2.24, 2.45) is 7.05 Å². The van der Waals surface area contributed by atoms with Crippen LogP contribution < -0.4 is 5.32 Å². The molecule has 4 rings (SSSR count). The highest BCUT2D eigenvalue weighted by atomic mass is 32.1. The summed E-state index contributed by atoms with van der Waals surface area (Å²) < 4.78 is 8.70. The molecule has 30 heavy (non-hydrogen) atoms. The number of aromatic nitrogens is 2. The van der Waals surface area contributed by atoms with E-state index >= 15 is 0 Å². The first kappa shape index (κ1) is 20.5. The highest BCUT2D eigenvalue weighted by Gasteiger charge is 2.32. The van der Waals surface area contributed by atoms with Gasteiger partial charge in [0.2, 0.25) is 0 Å². The van der Waals surface area contributed by atoms with Crippen LogP contribution in [0.4, 0.5) is 0 Å². The normalized spacial score (nSPS) is 16.8. The number of aliphatic hydroxyl groups excluding tert-OH is 1. The van der Waals surface area contributed by atoms with Gasteiger partial charge in [-0.25, -0.2) is 0 Å². The molecule has 0 bridgehead atoms. The smallest absolute Gasteiger partial charge is 0.261 e. The van der Waals surface area contributed by atoms with Crippen LogP contribution in [-0.2, 0) is 11.8 Å². The van der Waals surface area contributed by atoms with E-state index in [1.165, 1.54) is 11.3 Å². The van der Waals surface area contributed by atoms with Crippen LogP contribution >= 0.6 is 11.3 Å². The summed E-state index contributed by atoms with van der Waals surface area (Å²) in [7, 11) is 1.81. The molecule has 3 heterocycles. The van der Waals surface area contributed by atoms with Crippen LogP contribution in [0.3, 0.4) is 0 Å². The number of rotatable bonds is 5. The van der Waals surface area contributed by atoms with Gasteiger partial charge in [-0.2, -0.15) is 5.10 Å². The number of morpholine rings is 1. The van der Waals surface area contributed by atoms with Crippen molar-refractivity contribution in [2.75, 3.05) is 32.8 Å². The van der Waals surface area contributed by atoms with E-state index in [4.69, 9.17) is 9.84 Å². The minimum Gasteiger partial charge on any atom is -0.395 e. The Bertz CT molecular complexity index is 1090. The van der Waals surface area contributed by atoms with Gasteiger partial charge in [-0.3, -0.25) is 14.3 Å². The number of hydrogen-bond acceptors (Lipinski definition) is 6. The molecule has 3 aromatic rings. The second kappa shape index (κ2) is 8.55. The minimum atomic E-state index is -0.411. The summed E-state index contributed by atoms with van der Waals surface area (Å²) in [6, 6.07) is 7.80. The Morgan fingerprint density at radius 3 is 2.90 bits per heavy atom. The standard InChI is InChI=1S/C21H24N4O4S/c1-13-15(11-23-24(13)2)21(28)25-8-10-29-16(12-25)18-14-5-3-4-6-17(14)30-19(18)20(27)22-7-9-26/h3-6,11,16,26H,7-10,12H2,1-2H3,(H,22,27). The van der Waals surface area contributed by atoms with Crippen LogP contribution in [0.2, 0.25) is 0 Å². The first-order valence-corrected chi connectivity index (χ1v) is 10.6.